The molecule has 0 fully saturated rings. The van der Waals surface area contributed by atoms with Gasteiger partial charge < -0.3 is 9.67 Å². The number of phenolic OH excluding ortho intramolecular Hbond substituents is 1. The third-order valence-corrected chi connectivity index (χ3v) is 8.16. The van der Waals surface area contributed by atoms with Crippen LogP contribution in [-0.4, -0.2) is 31.0 Å². The topological polar surface area (TPSA) is 23.5 Å². The summed E-state index contributed by atoms with van der Waals surface area (Å²) >= 11 is -0.826. The Morgan fingerprint density at radius 3 is 2.00 bits per heavy atom. The molecule has 2 nitrogen and oxygen atoms in total. The minimum absolute atomic E-state index is 0.0268. The van der Waals surface area contributed by atoms with Crippen LogP contribution in [-0.2, 0) is 26.3 Å². The standard InChI is InChI=1S/C16H29NOSi.2ClH.Zr/c1-12(2)17(6)19(7,8)14-11-9-10-13(15(14)18)16(3,4)5;;;/h9-12,18H,1-8H3;2*1H;/q;;;+2/p-2. The fourth-order valence-electron chi connectivity index (χ4n) is 2.48. The summed E-state index contributed by atoms with van der Waals surface area (Å²) in [6.07, 6.45) is 0. The van der Waals surface area contributed by atoms with Gasteiger partial charge in [0.25, 0.3) is 0 Å². The molecule has 0 aliphatic heterocycles. The predicted molar refractivity (Wildman–Crippen MR) is 98.5 cm³/mol. The van der Waals surface area contributed by atoms with Gasteiger partial charge in [-0.15, -0.1) is 0 Å². The summed E-state index contributed by atoms with van der Waals surface area (Å²) < 4.78 is 2.43. The van der Waals surface area contributed by atoms with E-state index in [0.717, 1.165) is 10.8 Å². The van der Waals surface area contributed by atoms with Crippen LogP contribution >= 0.6 is 17.0 Å². The van der Waals surface area contributed by atoms with E-state index in [0.29, 0.717) is 11.8 Å². The quantitative estimate of drug-likeness (QED) is 0.680. The van der Waals surface area contributed by atoms with Gasteiger partial charge in [-0.2, -0.15) is 0 Å². The molecule has 0 unspecified atom stereocenters. The monoisotopic (exact) mass is 439 g/mol. The SMILES string of the molecule is CC(C)N(C)[Si](C)(C)c1cccc(C(C)(C)C)c1O.[Cl][Zr][Cl]. The third-order valence-electron chi connectivity index (χ3n) is 4.16. The molecule has 0 bridgehead atoms. The van der Waals surface area contributed by atoms with Gasteiger partial charge in [0, 0.05) is 0 Å². The van der Waals surface area contributed by atoms with Crippen molar-refractivity contribution in [3.63, 3.8) is 0 Å². The average Bonchev–Trinajstić information content (AvgIpc) is 2.37. The summed E-state index contributed by atoms with van der Waals surface area (Å²) in [6, 6.07) is 6.70. The van der Waals surface area contributed by atoms with Crippen LogP contribution in [0.5, 0.6) is 5.75 Å². The molecule has 0 spiro atoms. The normalized spacial score (nSPS) is 12.2. The summed E-state index contributed by atoms with van der Waals surface area (Å²) in [5.74, 6) is 0.499. The second kappa shape index (κ2) is 9.22. The van der Waals surface area contributed by atoms with Crippen LogP contribution in [0.1, 0.15) is 40.2 Å². The molecule has 0 radical (unpaired) electrons. The van der Waals surface area contributed by atoms with Crippen molar-refractivity contribution in [3.05, 3.63) is 23.8 Å². The second-order valence-corrected chi connectivity index (χ2v) is 15.4. The van der Waals surface area contributed by atoms with Crippen LogP contribution in [0.4, 0.5) is 0 Å². The average molecular weight is 442 g/mol. The molecule has 1 aromatic rings. The maximum absolute atomic E-state index is 10.7. The molecule has 6 heteroatoms. The van der Waals surface area contributed by atoms with E-state index in [-0.39, 0.29) is 5.41 Å². The first-order valence-electron chi connectivity index (χ1n) is 7.43. The zero-order valence-electron chi connectivity index (χ0n) is 15.0. The molecular formula is C16H29Cl2NOSiZr. The summed E-state index contributed by atoms with van der Waals surface area (Å²) in [5, 5.41) is 11.8. The minimum atomic E-state index is -1.82. The number of hydrogen-bond acceptors (Lipinski definition) is 2. The first kappa shape index (κ1) is 22.7. The van der Waals surface area contributed by atoms with Gasteiger partial charge in [-0.1, -0.05) is 65.9 Å². The fraction of sp³-hybridized carbons (Fsp3) is 0.625. The molecule has 126 valence electrons. The zero-order valence-corrected chi connectivity index (χ0v) is 19.9. The molecule has 0 saturated heterocycles. The first-order valence-corrected chi connectivity index (χ1v) is 16.7. The van der Waals surface area contributed by atoms with Gasteiger partial charge in [0.15, 0.2) is 8.24 Å². The van der Waals surface area contributed by atoms with Gasteiger partial charge in [0.2, 0.25) is 0 Å². The van der Waals surface area contributed by atoms with Crippen LogP contribution in [0.15, 0.2) is 18.2 Å². The molecule has 0 heterocycles. The number of benzene rings is 1. The van der Waals surface area contributed by atoms with Gasteiger partial charge in [0.05, 0.1) is 0 Å². The number of rotatable bonds is 3. The van der Waals surface area contributed by atoms with Crippen molar-refractivity contribution in [2.24, 2.45) is 0 Å². The number of aromatic hydroxyl groups is 1. The van der Waals surface area contributed by atoms with Crippen LogP contribution < -0.4 is 5.19 Å². The Kier molecular flexibility index (Phi) is 9.50. The Labute approximate surface area is 156 Å². The van der Waals surface area contributed by atoms with Crippen LogP contribution in [0.3, 0.4) is 0 Å². The molecule has 0 saturated carbocycles. The van der Waals surface area contributed by atoms with Gasteiger partial charge in [-0.3, -0.25) is 0 Å². The number of hydrogen-bond donors (Lipinski definition) is 1. The molecule has 0 aliphatic rings. The Morgan fingerprint density at radius 2 is 1.64 bits per heavy atom. The summed E-state index contributed by atoms with van der Waals surface area (Å²) in [6.45, 7) is 15.5. The zero-order chi connectivity index (χ0) is 17.7. The van der Waals surface area contributed by atoms with E-state index in [1.807, 2.05) is 6.07 Å². The van der Waals surface area contributed by atoms with Crippen molar-refractivity contribution >= 4 is 30.4 Å². The van der Waals surface area contributed by atoms with Gasteiger partial charge >= 0.3 is 37.9 Å². The molecular weight excluding hydrogens is 412 g/mol. The first-order chi connectivity index (χ1) is 9.91. The van der Waals surface area contributed by atoms with Crippen molar-refractivity contribution in [1.82, 2.24) is 4.57 Å². The molecule has 1 N–H and O–H groups in total. The molecule has 0 amide bonds. The van der Waals surface area contributed by atoms with E-state index in [1.165, 1.54) is 0 Å². The van der Waals surface area contributed by atoms with E-state index in [2.05, 4.69) is 71.5 Å². The van der Waals surface area contributed by atoms with Crippen molar-refractivity contribution in [2.45, 2.75) is 59.2 Å². The van der Waals surface area contributed by atoms with Gasteiger partial charge in [-0.05, 0) is 29.3 Å². The fourth-order valence-corrected chi connectivity index (χ4v) is 5.37. The van der Waals surface area contributed by atoms with E-state index >= 15 is 0 Å². The van der Waals surface area contributed by atoms with Gasteiger partial charge in [-0.25, -0.2) is 0 Å². The number of nitrogens with zero attached hydrogens (tertiary/aromatic N) is 1. The van der Waals surface area contributed by atoms with E-state index in [4.69, 9.17) is 17.0 Å². The molecule has 0 aliphatic carbocycles. The molecule has 22 heavy (non-hydrogen) atoms. The van der Waals surface area contributed by atoms with Crippen molar-refractivity contribution in [1.29, 1.82) is 0 Å². The number of phenols is 1. The Morgan fingerprint density at radius 1 is 1.18 bits per heavy atom. The summed E-state index contributed by atoms with van der Waals surface area (Å²) in [5.41, 5.74) is 1.02. The Bertz CT molecular complexity index is 476. The van der Waals surface area contributed by atoms with Crippen molar-refractivity contribution < 1.29 is 26.0 Å². The van der Waals surface area contributed by atoms with Crippen LogP contribution in [0, 0.1) is 0 Å². The van der Waals surface area contributed by atoms with E-state index in [9.17, 15) is 5.11 Å². The van der Waals surface area contributed by atoms with Crippen LogP contribution in [0.25, 0.3) is 0 Å². The second-order valence-electron chi connectivity index (χ2n) is 7.29. The maximum atomic E-state index is 10.7. The predicted octanol–water partition coefficient (Wildman–Crippen LogP) is 4.82. The Hall–Kier alpha value is 0.660. The Balaban J connectivity index is 0.00000135. The summed E-state index contributed by atoms with van der Waals surface area (Å²) in [4.78, 5) is 0. The molecule has 0 atom stereocenters. The van der Waals surface area contributed by atoms with E-state index < -0.39 is 29.1 Å². The third kappa shape index (κ3) is 5.94. The van der Waals surface area contributed by atoms with Crippen LogP contribution in [0.2, 0.25) is 13.1 Å². The number of halogens is 2. The molecule has 1 aromatic carbocycles. The van der Waals surface area contributed by atoms with E-state index in [1.54, 1.807) is 0 Å². The van der Waals surface area contributed by atoms with Crippen molar-refractivity contribution in [2.75, 3.05) is 7.05 Å². The summed E-state index contributed by atoms with van der Waals surface area (Å²) in [7, 11) is 10.2. The van der Waals surface area contributed by atoms with Gasteiger partial charge in [0.1, 0.15) is 5.75 Å². The van der Waals surface area contributed by atoms with Crippen molar-refractivity contribution in [3.8, 4) is 5.75 Å². The molecule has 0 aromatic heterocycles. The molecule has 1 rings (SSSR count). The number of para-hydroxylation sites is 1.